The van der Waals surface area contributed by atoms with E-state index in [0.29, 0.717) is 13.1 Å². The van der Waals surface area contributed by atoms with Gasteiger partial charge in [-0.3, -0.25) is 14.5 Å². The zero-order valence-corrected chi connectivity index (χ0v) is 15.1. The summed E-state index contributed by atoms with van der Waals surface area (Å²) < 4.78 is 0. The molecule has 0 unspecified atom stereocenters. The van der Waals surface area contributed by atoms with E-state index < -0.39 is 0 Å². The highest BCUT2D eigenvalue weighted by atomic mass is 16.2. The molecule has 5 heteroatoms. The molecule has 3 rings (SSSR count). The summed E-state index contributed by atoms with van der Waals surface area (Å²) in [5.41, 5.74) is 1.82. The molecule has 0 atom stereocenters. The molecule has 1 aromatic rings. The molecule has 2 aliphatic rings. The molecule has 1 aromatic carbocycles. The number of hydrogen-bond acceptors (Lipinski definition) is 3. The van der Waals surface area contributed by atoms with Gasteiger partial charge >= 0.3 is 0 Å². The Balaban J connectivity index is 1.43. The van der Waals surface area contributed by atoms with Crippen LogP contribution in [0.4, 0.5) is 5.69 Å². The highest BCUT2D eigenvalue weighted by molar-refractivity contribution is 5.93. The van der Waals surface area contributed by atoms with E-state index in [1.54, 1.807) is 0 Å². The molecule has 1 saturated heterocycles. The second-order valence-electron chi connectivity index (χ2n) is 7.55. The highest BCUT2D eigenvalue weighted by Gasteiger charge is 2.25. The number of carbonyl (C=O) groups excluding carboxylic acids is 2. The summed E-state index contributed by atoms with van der Waals surface area (Å²) in [6, 6.07) is 7.74. The SMILES string of the molecule is CC1CCN(CC(=O)NCc2cccc(NC(=O)C3CCC3)c2)CC1. The van der Waals surface area contributed by atoms with Gasteiger partial charge in [0.2, 0.25) is 11.8 Å². The predicted octanol–water partition coefficient (Wildman–Crippen LogP) is 2.77. The van der Waals surface area contributed by atoms with E-state index in [4.69, 9.17) is 0 Å². The fourth-order valence-corrected chi connectivity index (χ4v) is 3.35. The maximum atomic E-state index is 12.1. The monoisotopic (exact) mass is 343 g/mol. The van der Waals surface area contributed by atoms with Gasteiger partial charge in [0.1, 0.15) is 0 Å². The molecule has 1 aliphatic carbocycles. The van der Waals surface area contributed by atoms with Gasteiger partial charge in [0.15, 0.2) is 0 Å². The number of benzene rings is 1. The van der Waals surface area contributed by atoms with Crippen molar-refractivity contribution in [1.29, 1.82) is 0 Å². The van der Waals surface area contributed by atoms with Crippen molar-refractivity contribution in [3.8, 4) is 0 Å². The van der Waals surface area contributed by atoms with Gasteiger partial charge in [0.05, 0.1) is 6.54 Å². The quantitative estimate of drug-likeness (QED) is 0.835. The van der Waals surface area contributed by atoms with E-state index >= 15 is 0 Å². The number of likely N-dealkylation sites (tertiary alicyclic amines) is 1. The average Bonchev–Trinajstić information content (AvgIpc) is 2.54. The van der Waals surface area contributed by atoms with Gasteiger partial charge in [-0.2, -0.15) is 0 Å². The standard InChI is InChI=1S/C20H29N3O2/c1-15-8-10-23(11-9-15)14-19(24)21-13-16-4-2-7-18(12-16)22-20(25)17-5-3-6-17/h2,4,7,12,15,17H,3,5-6,8-11,13-14H2,1H3,(H,21,24)(H,22,25). The number of carbonyl (C=O) groups is 2. The molecule has 25 heavy (non-hydrogen) atoms. The van der Waals surface area contributed by atoms with Crippen molar-refractivity contribution in [3.63, 3.8) is 0 Å². The molecule has 0 radical (unpaired) electrons. The van der Waals surface area contributed by atoms with Crippen LogP contribution in [0, 0.1) is 11.8 Å². The Morgan fingerprint density at radius 3 is 2.60 bits per heavy atom. The topological polar surface area (TPSA) is 61.4 Å². The van der Waals surface area contributed by atoms with Crippen LogP contribution in [0.3, 0.4) is 0 Å². The van der Waals surface area contributed by atoms with Crippen LogP contribution in [0.5, 0.6) is 0 Å². The second-order valence-corrected chi connectivity index (χ2v) is 7.55. The van der Waals surface area contributed by atoms with Crippen molar-refractivity contribution in [2.24, 2.45) is 11.8 Å². The fraction of sp³-hybridized carbons (Fsp3) is 0.600. The maximum Gasteiger partial charge on any atom is 0.234 e. The van der Waals surface area contributed by atoms with Crippen LogP contribution >= 0.6 is 0 Å². The highest BCUT2D eigenvalue weighted by Crippen LogP contribution is 2.27. The molecule has 2 N–H and O–H groups in total. The van der Waals surface area contributed by atoms with Crippen LogP contribution in [0.25, 0.3) is 0 Å². The van der Waals surface area contributed by atoms with Crippen molar-refractivity contribution >= 4 is 17.5 Å². The molecule has 0 aromatic heterocycles. The van der Waals surface area contributed by atoms with Crippen molar-refractivity contribution in [3.05, 3.63) is 29.8 Å². The molecular formula is C20H29N3O2. The zero-order valence-electron chi connectivity index (χ0n) is 15.1. The Hall–Kier alpha value is -1.88. The van der Waals surface area contributed by atoms with E-state index in [1.807, 2.05) is 24.3 Å². The lowest BCUT2D eigenvalue weighted by Gasteiger charge is -2.29. The second kappa shape index (κ2) is 8.48. The van der Waals surface area contributed by atoms with Crippen molar-refractivity contribution in [2.45, 2.75) is 45.6 Å². The minimum absolute atomic E-state index is 0.0680. The van der Waals surface area contributed by atoms with Crippen LogP contribution in [0.2, 0.25) is 0 Å². The number of hydrogen-bond donors (Lipinski definition) is 2. The first kappa shape index (κ1) is 17.9. The largest absolute Gasteiger partial charge is 0.351 e. The lowest BCUT2D eigenvalue weighted by Crippen LogP contribution is -2.41. The van der Waals surface area contributed by atoms with Gasteiger partial charge in [0, 0.05) is 18.2 Å². The molecule has 2 fully saturated rings. The third kappa shape index (κ3) is 5.30. The van der Waals surface area contributed by atoms with E-state index in [1.165, 1.54) is 12.8 Å². The normalized spacial score (nSPS) is 19.2. The molecule has 5 nitrogen and oxygen atoms in total. The van der Waals surface area contributed by atoms with E-state index in [0.717, 1.165) is 49.5 Å². The fourth-order valence-electron chi connectivity index (χ4n) is 3.35. The smallest absolute Gasteiger partial charge is 0.234 e. The zero-order chi connectivity index (χ0) is 17.6. The number of anilines is 1. The van der Waals surface area contributed by atoms with Gasteiger partial charge in [-0.15, -0.1) is 0 Å². The average molecular weight is 343 g/mol. The first-order valence-electron chi connectivity index (χ1n) is 9.49. The summed E-state index contributed by atoms with van der Waals surface area (Å²) in [6.07, 6.45) is 5.50. The minimum Gasteiger partial charge on any atom is -0.351 e. The number of nitrogens with one attached hydrogen (secondary N) is 2. The van der Waals surface area contributed by atoms with Crippen LogP contribution in [0.15, 0.2) is 24.3 Å². The molecule has 0 spiro atoms. The molecule has 1 aliphatic heterocycles. The van der Waals surface area contributed by atoms with Gasteiger partial charge in [-0.1, -0.05) is 25.5 Å². The third-order valence-electron chi connectivity index (χ3n) is 5.40. The molecule has 1 saturated carbocycles. The number of piperidine rings is 1. The Bertz CT molecular complexity index is 605. The number of nitrogens with zero attached hydrogens (tertiary/aromatic N) is 1. The van der Waals surface area contributed by atoms with Crippen molar-refractivity contribution < 1.29 is 9.59 Å². The lowest BCUT2D eigenvalue weighted by molar-refractivity contribution is -0.123. The van der Waals surface area contributed by atoms with Crippen molar-refractivity contribution in [2.75, 3.05) is 25.0 Å². The summed E-state index contributed by atoms with van der Waals surface area (Å²) in [4.78, 5) is 26.4. The Kier molecular flexibility index (Phi) is 6.08. The maximum absolute atomic E-state index is 12.1. The Labute approximate surface area is 150 Å². The Morgan fingerprint density at radius 1 is 1.16 bits per heavy atom. The first-order chi connectivity index (χ1) is 12.1. The van der Waals surface area contributed by atoms with Crippen LogP contribution < -0.4 is 10.6 Å². The molecular weight excluding hydrogens is 314 g/mol. The van der Waals surface area contributed by atoms with E-state index in [-0.39, 0.29) is 17.7 Å². The molecule has 0 bridgehead atoms. The molecule has 1 heterocycles. The van der Waals surface area contributed by atoms with Gasteiger partial charge in [-0.25, -0.2) is 0 Å². The third-order valence-corrected chi connectivity index (χ3v) is 5.40. The summed E-state index contributed by atoms with van der Waals surface area (Å²) in [5, 5.41) is 5.97. The summed E-state index contributed by atoms with van der Waals surface area (Å²) in [7, 11) is 0. The van der Waals surface area contributed by atoms with Gasteiger partial charge in [0.25, 0.3) is 0 Å². The summed E-state index contributed by atoms with van der Waals surface area (Å²) in [6.45, 7) is 5.27. The lowest BCUT2D eigenvalue weighted by atomic mass is 9.85. The van der Waals surface area contributed by atoms with E-state index in [9.17, 15) is 9.59 Å². The molecule has 2 amide bonds. The summed E-state index contributed by atoms with van der Waals surface area (Å²) in [5.74, 6) is 1.14. The Morgan fingerprint density at radius 2 is 1.92 bits per heavy atom. The van der Waals surface area contributed by atoms with Crippen LogP contribution in [0.1, 0.15) is 44.6 Å². The first-order valence-corrected chi connectivity index (χ1v) is 9.49. The van der Waals surface area contributed by atoms with Crippen molar-refractivity contribution in [1.82, 2.24) is 10.2 Å². The minimum atomic E-state index is 0.0680. The predicted molar refractivity (Wildman–Crippen MR) is 99.1 cm³/mol. The van der Waals surface area contributed by atoms with Crippen LogP contribution in [-0.4, -0.2) is 36.3 Å². The molecule has 136 valence electrons. The van der Waals surface area contributed by atoms with E-state index in [2.05, 4.69) is 22.5 Å². The summed E-state index contributed by atoms with van der Waals surface area (Å²) >= 11 is 0. The van der Waals surface area contributed by atoms with Gasteiger partial charge < -0.3 is 10.6 Å². The number of rotatable bonds is 6. The van der Waals surface area contributed by atoms with Gasteiger partial charge in [-0.05, 0) is 62.4 Å². The number of amides is 2. The van der Waals surface area contributed by atoms with Crippen LogP contribution in [-0.2, 0) is 16.1 Å².